The Hall–Kier alpha value is -15.5. The fourth-order valence-corrected chi connectivity index (χ4v) is 18.6. The fraction of sp³-hybridized carbons (Fsp3) is 0.0182. The molecule has 5 aromatic heterocycles. The highest BCUT2D eigenvalue weighted by Gasteiger charge is 2.35. The number of alkyl halides is 3. The van der Waals surface area contributed by atoms with Crippen LogP contribution in [0.15, 0.2) is 400 Å². The van der Waals surface area contributed by atoms with E-state index in [1.807, 2.05) is 31.2 Å². The van der Waals surface area contributed by atoms with Crippen LogP contribution in [-0.4, -0.2) is 28.2 Å². The van der Waals surface area contributed by atoms with Gasteiger partial charge in [0.2, 0.25) is 0 Å². The molecular weight excluding hydrogens is 1460 g/mol. The summed E-state index contributed by atoms with van der Waals surface area (Å²) in [6, 6.07) is 141. The molecule has 0 atom stereocenters. The maximum absolute atomic E-state index is 15.7. The molecule has 23 aromatic rings. The molecule has 18 aromatic carbocycles. The molecule has 119 heavy (non-hydrogen) atoms. The zero-order chi connectivity index (χ0) is 79.1. The van der Waals surface area contributed by atoms with Crippen LogP contribution in [0.25, 0.3) is 221 Å². The molecule has 23 rings (SSSR count). The Morgan fingerprint density at radius 2 is 0.529 bits per heavy atom. The smallest absolute Gasteiger partial charge is 0.309 e. The summed E-state index contributed by atoms with van der Waals surface area (Å²) in [5.74, 6) is -0.0275. The molecule has 0 saturated carbocycles. The molecule has 0 amide bonds. The minimum absolute atomic E-state index is 0.0275. The SMILES string of the molecule is Cc1ccc(C(F)(F)F)c(-c2nc(-c3cc(-n4c5ccc(-c6ccccc6)cc5c5cc(-c6ccc7c(c6)c6cc(-c8ccccc8)ccc6n7-c6ccccc6)ccc54)cc(-n4c5ccc(-c6ccccc6)cc5c5cc(-c6ccc7c(c6)c6cc(-c8ccccc8)ccc6n7-c6ccccc6)ccc54)c3)c3c(ccc4ccccc43)n2)c1. The molecule has 0 N–H and O–H groups in total. The van der Waals surface area contributed by atoms with Crippen molar-refractivity contribution in [1.82, 2.24) is 28.2 Å². The van der Waals surface area contributed by atoms with Crippen molar-refractivity contribution in [2.75, 3.05) is 0 Å². The third kappa shape index (κ3) is 11.6. The molecule has 0 aliphatic carbocycles. The third-order valence-corrected chi connectivity index (χ3v) is 24.2. The van der Waals surface area contributed by atoms with E-state index in [1.54, 1.807) is 6.07 Å². The Bertz CT molecular complexity index is 7680. The van der Waals surface area contributed by atoms with Crippen molar-refractivity contribution in [3.8, 4) is 112 Å². The average Bonchev–Trinajstić information content (AvgIpc) is 1.61. The Morgan fingerprint density at radius 1 is 0.227 bits per heavy atom. The molecule has 5 heterocycles. The molecule has 560 valence electrons. The highest BCUT2D eigenvalue weighted by molar-refractivity contribution is 6.18. The van der Waals surface area contributed by atoms with Crippen molar-refractivity contribution in [2.45, 2.75) is 13.1 Å². The van der Waals surface area contributed by atoms with E-state index in [2.05, 4.69) is 376 Å². The van der Waals surface area contributed by atoms with Gasteiger partial charge in [-0.25, -0.2) is 9.97 Å². The number of aryl methyl sites for hydroxylation is 1. The summed E-state index contributed by atoms with van der Waals surface area (Å²) in [4.78, 5) is 10.6. The summed E-state index contributed by atoms with van der Waals surface area (Å²) < 4.78 is 56.5. The molecule has 0 saturated heterocycles. The highest BCUT2D eigenvalue weighted by atomic mass is 19.4. The number of hydrogen-bond acceptors (Lipinski definition) is 2. The van der Waals surface area contributed by atoms with Crippen LogP contribution in [0, 0.1) is 6.92 Å². The van der Waals surface area contributed by atoms with Crippen LogP contribution in [0.5, 0.6) is 0 Å². The zero-order valence-corrected chi connectivity index (χ0v) is 64.4. The number of nitrogens with zero attached hydrogens (tertiary/aromatic N) is 6. The van der Waals surface area contributed by atoms with Gasteiger partial charge in [-0.3, -0.25) is 0 Å². The van der Waals surface area contributed by atoms with Gasteiger partial charge in [0.15, 0.2) is 5.82 Å². The number of benzene rings is 18. The van der Waals surface area contributed by atoms with Crippen LogP contribution < -0.4 is 0 Å². The second-order valence-corrected chi connectivity index (χ2v) is 31.2. The largest absolute Gasteiger partial charge is 0.417 e. The van der Waals surface area contributed by atoms with E-state index in [4.69, 9.17) is 9.97 Å². The van der Waals surface area contributed by atoms with Gasteiger partial charge in [0.25, 0.3) is 0 Å². The Morgan fingerprint density at radius 3 is 0.866 bits per heavy atom. The standard InChI is InChI=1S/C110H69F3N6/c1-68-36-46-97(110(111,112)113)96(56-68)109-114-98-47-37-73-30-20-21-35-87(73)107(98)108(115-109)82-57-85(118-103-50-40-76(71-26-12-4-13-27-71)61-90(103)94-65-80(44-54-105(94)118)78-42-52-101-92(63-78)88-59-74(69-22-8-2-9-23-69)38-48-99(88)116(101)83-31-16-6-17-32-83)67-86(58-82)119-104-51-41-77(72-28-14-5-15-29-72)62-91(104)95-66-81(45-55-106(95)119)79-43-53-102-93(64-79)89-60-75(70-24-10-3-11-25-70)39-49-100(89)117(102)84-33-18-7-19-34-84/h2-67H,1H3. The fourth-order valence-electron chi connectivity index (χ4n) is 18.6. The van der Waals surface area contributed by atoms with Crippen molar-refractivity contribution in [1.29, 1.82) is 0 Å². The van der Waals surface area contributed by atoms with Gasteiger partial charge in [-0.05, 0) is 242 Å². The van der Waals surface area contributed by atoms with Crippen LogP contribution in [0.3, 0.4) is 0 Å². The molecule has 9 heteroatoms. The highest BCUT2D eigenvalue weighted by Crippen LogP contribution is 2.48. The van der Waals surface area contributed by atoms with Crippen LogP contribution in [-0.2, 0) is 6.18 Å². The summed E-state index contributed by atoms with van der Waals surface area (Å²) in [5, 5.41) is 11.3. The normalized spacial score (nSPS) is 12.0. The van der Waals surface area contributed by atoms with E-state index in [9.17, 15) is 0 Å². The lowest BCUT2D eigenvalue weighted by atomic mass is 9.98. The van der Waals surface area contributed by atoms with Crippen molar-refractivity contribution in [2.24, 2.45) is 0 Å². The van der Waals surface area contributed by atoms with E-state index < -0.39 is 11.7 Å². The zero-order valence-electron chi connectivity index (χ0n) is 64.4. The van der Waals surface area contributed by atoms with Gasteiger partial charge in [0.1, 0.15) is 0 Å². The number of para-hydroxylation sites is 2. The van der Waals surface area contributed by atoms with Gasteiger partial charge in [-0.1, -0.05) is 248 Å². The Balaban J connectivity index is 0.785. The van der Waals surface area contributed by atoms with Gasteiger partial charge in [-0.15, -0.1) is 0 Å². The minimum Gasteiger partial charge on any atom is -0.309 e. The van der Waals surface area contributed by atoms with E-state index in [-0.39, 0.29) is 11.4 Å². The summed E-state index contributed by atoms with van der Waals surface area (Å²) in [7, 11) is 0. The van der Waals surface area contributed by atoms with Gasteiger partial charge < -0.3 is 18.3 Å². The molecule has 0 spiro atoms. The first kappa shape index (κ1) is 69.1. The predicted molar refractivity (Wildman–Crippen MR) is 488 cm³/mol. The maximum Gasteiger partial charge on any atom is 0.417 e. The second-order valence-electron chi connectivity index (χ2n) is 31.2. The molecule has 0 fully saturated rings. The molecule has 0 aliphatic rings. The molecule has 0 bridgehead atoms. The summed E-state index contributed by atoms with van der Waals surface area (Å²) in [5.41, 5.74) is 26.7. The van der Waals surface area contributed by atoms with Crippen molar-refractivity contribution in [3.63, 3.8) is 0 Å². The molecule has 0 unspecified atom stereocenters. The first-order chi connectivity index (χ1) is 58.5. The summed E-state index contributed by atoms with van der Waals surface area (Å²) in [6.45, 7) is 1.81. The van der Waals surface area contributed by atoms with Gasteiger partial charge in [0, 0.05) is 82.4 Å². The molecular formula is C110H69F3N6. The third-order valence-electron chi connectivity index (χ3n) is 24.2. The topological polar surface area (TPSA) is 45.5 Å². The summed E-state index contributed by atoms with van der Waals surface area (Å²) in [6.07, 6.45) is -4.71. The number of rotatable bonds is 12. The summed E-state index contributed by atoms with van der Waals surface area (Å²) >= 11 is 0. The van der Waals surface area contributed by atoms with Crippen molar-refractivity contribution < 1.29 is 13.2 Å². The Kier molecular flexibility index (Phi) is 15.9. The van der Waals surface area contributed by atoms with Crippen LogP contribution in [0.1, 0.15) is 11.1 Å². The predicted octanol–water partition coefficient (Wildman–Crippen LogP) is 29.8. The number of hydrogen-bond donors (Lipinski definition) is 0. The van der Waals surface area contributed by atoms with Gasteiger partial charge >= 0.3 is 6.18 Å². The molecule has 0 aliphatic heterocycles. The molecule has 0 radical (unpaired) electrons. The number of fused-ring (bicyclic) bond motifs is 15. The van der Waals surface area contributed by atoms with Crippen LogP contribution in [0.2, 0.25) is 0 Å². The minimum atomic E-state index is -4.71. The van der Waals surface area contributed by atoms with E-state index in [0.717, 1.165) is 199 Å². The molecule has 6 nitrogen and oxygen atoms in total. The Labute approximate surface area is 682 Å². The second kappa shape index (κ2) is 27.4. The van der Waals surface area contributed by atoms with Crippen molar-refractivity contribution in [3.05, 3.63) is 412 Å². The number of aromatic nitrogens is 6. The van der Waals surface area contributed by atoms with Gasteiger partial charge in [0.05, 0.1) is 60.9 Å². The lowest BCUT2D eigenvalue weighted by molar-refractivity contribution is -0.137. The lowest BCUT2D eigenvalue weighted by Crippen LogP contribution is -2.09. The van der Waals surface area contributed by atoms with Crippen LogP contribution >= 0.6 is 0 Å². The van der Waals surface area contributed by atoms with E-state index in [0.29, 0.717) is 22.3 Å². The lowest BCUT2D eigenvalue weighted by Gasteiger charge is -2.18. The average molecular weight is 1530 g/mol. The van der Waals surface area contributed by atoms with Gasteiger partial charge in [-0.2, -0.15) is 13.2 Å². The quantitative estimate of drug-likeness (QED) is 0.114. The first-order valence-corrected chi connectivity index (χ1v) is 40.2. The number of halogens is 3. The van der Waals surface area contributed by atoms with E-state index >= 15 is 13.2 Å². The van der Waals surface area contributed by atoms with Crippen molar-refractivity contribution >= 4 is 109 Å². The van der Waals surface area contributed by atoms with Crippen LogP contribution in [0.4, 0.5) is 13.2 Å². The maximum atomic E-state index is 15.7. The monoisotopic (exact) mass is 1530 g/mol. The van der Waals surface area contributed by atoms with E-state index in [1.165, 1.54) is 6.07 Å². The first-order valence-electron chi connectivity index (χ1n) is 40.2.